The zero-order valence-corrected chi connectivity index (χ0v) is 17.0. The summed E-state index contributed by atoms with van der Waals surface area (Å²) in [5.74, 6) is -1.24. The third-order valence-electron chi connectivity index (χ3n) is 5.43. The van der Waals surface area contributed by atoms with Gasteiger partial charge in [-0.15, -0.1) is 0 Å². The number of ether oxygens (including phenoxy) is 1. The molecule has 1 saturated heterocycles. The van der Waals surface area contributed by atoms with Gasteiger partial charge in [0.05, 0.1) is 16.5 Å². The number of nitrogens with zero attached hydrogens (tertiary/aromatic N) is 2. The molecule has 1 saturated carbocycles. The van der Waals surface area contributed by atoms with Gasteiger partial charge in [-0.25, -0.2) is 13.2 Å². The number of amides is 1. The maximum atomic E-state index is 12.5. The largest absolute Gasteiger partial charge is 0.452 e. The highest BCUT2D eigenvalue weighted by atomic mass is 32.2. The number of nitriles is 1. The van der Waals surface area contributed by atoms with Gasteiger partial charge < -0.3 is 10.1 Å². The first-order valence-corrected chi connectivity index (χ1v) is 11.3. The van der Waals surface area contributed by atoms with Gasteiger partial charge in [0.15, 0.2) is 6.61 Å². The molecule has 1 heterocycles. The lowest BCUT2D eigenvalue weighted by Crippen LogP contribution is -2.50. The molecule has 1 aliphatic heterocycles. The number of hydrogen-bond donors (Lipinski definition) is 1. The number of rotatable bonds is 6. The molecule has 1 amide bonds. The Labute approximate surface area is 170 Å². The lowest BCUT2D eigenvalue weighted by Gasteiger charge is -2.31. The van der Waals surface area contributed by atoms with Crippen molar-refractivity contribution in [1.82, 2.24) is 9.62 Å². The number of sulfonamides is 1. The van der Waals surface area contributed by atoms with E-state index in [0.717, 1.165) is 32.1 Å². The van der Waals surface area contributed by atoms with Crippen LogP contribution < -0.4 is 5.32 Å². The highest BCUT2D eigenvalue weighted by molar-refractivity contribution is 7.89. The average molecular weight is 420 g/mol. The van der Waals surface area contributed by atoms with Crippen molar-refractivity contribution >= 4 is 21.9 Å². The van der Waals surface area contributed by atoms with Crippen LogP contribution in [0, 0.1) is 11.3 Å². The molecule has 1 N–H and O–H groups in total. The third kappa shape index (κ3) is 4.95. The molecule has 0 spiro atoms. The molecule has 9 heteroatoms. The number of carbonyl (C=O) groups is 2. The van der Waals surface area contributed by atoms with Crippen LogP contribution in [0.2, 0.25) is 0 Å². The molecule has 0 aromatic heterocycles. The number of carbonyl (C=O) groups excluding carboxylic acids is 2. The van der Waals surface area contributed by atoms with E-state index >= 15 is 0 Å². The molecule has 0 atom stereocenters. The molecular formula is C20H25N3O5S. The van der Waals surface area contributed by atoms with Crippen molar-refractivity contribution in [2.45, 2.75) is 55.4 Å². The average Bonchev–Trinajstić information content (AvgIpc) is 3.28. The molecule has 2 aliphatic rings. The van der Waals surface area contributed by atoms with Crippen LogP contribution in [-0.2, 0) is 19.6 Å². The minimum absolute atomic E-state index is 0.127. The fourth-order valence-electron chi connectivity index (χ4n) is 3.78. The molecule has 3 rings (SSSR count). The molecule has 0 unspecified atom stereocenters. The zero-order chi connectivity index (χ0) is 20.9. The lowest BCUT2D eigenvalue weighted by atomic mass is 9.83. The van der Waals surface area contributed by atoms with Gasteiger partial charge in [0.25, 0.3) is 5.91 Å². The Kier molecular flexibility index (Phi) is 6.55. The van der Waals surface area contributed by atoms with E-state index in [1.54, 1.807) is 0 Å². The Hall–Kier alpha value is -2.44. The van der Waals surface area contributed by atoms with E-state index in [4.69, 9.17) is 4.74 Å². The number of esters is 1. The quantitative estimate of drug-likeness (QED) is 0.705. The normalized spacial score (nSPS) is 19.3. The van der Waals surface area contributed by atoms with E-state index in [-0.39, 0.29) is 10.5 Å². The molecular weight excluding hydrogens is 394 g/mol. The van der Waals surface area contributed by atoms with Crippen molar-refractivity contribution in [1.29, 1.82) is 5.26 Å². The summed E-state index contributed by atoms with van der Waals surface area (Å²) in [6.45, 7) is 0.521. The molecule has 1 aliphatic carbocycles. The van der Waals surface area contributed by atoms with Gasteiger partial charge in [-0.2, -0.15) is 9.57 Å². The SMILES string of the molecule is N#CC1(NC(=O)COC(=O)c2ccc(S(=O)(=O)N3CCCC3)cc2)CCCCC1. The summed E-state index contributed by atoms with van der Waals surface area (Å²) in [5.41, 5.74) is -0.723. The number of nitrogens with one attached hydrogen (secondary N) is 1. The topological polar surface area (TPSA) is 117 Å². The molecule has 2 fully saturated rings. The summed E-state index contributed by atoms with van der Waals surface area (Å²) in [6.07, 6.45) is 5.67. The minimum Gasteiger partial charge on any atom is -0.452 e. The van der Waals surface area contributed by atoms with Crippen LogP contribution in [0.25, 0.3) is 0 Å². The highest BCUT2D eigenvalue weighted by Crippen LogP contribution is 2.27. The van der Waals surface area contributed by atoms with Crippen LogP contribution in [-0.4, -0.2) is 49.8 Å². The second-order valence-electron chi connectivity index (χ2n) is 7.51. The lowest BCUT2D eigenvalue weighted by molar-refractivity contribution is -0.125. The fraction of sp³-hybridized carbons (Fsp3) is 0.550. The van der Waals surface area contributed by atoms with Crippen LogP contribution in [0.1, 0.15) is 55.3 Å². The first-order chi connectivity index (χ1) is 13.9. The van der Waals surface area contributed by atoms with Gasteiger partial charge in [0.2, 0.25) is 10.0 Å². The van der Waals surface area contributed by atoms with E-state index in [9.17, 15) is 23.3 Å². The molecule has 29 heavy (non-hydrogen) atoms. The van der Waals surface area contributed by atoms with Crippen molar-refractivity contribution in [3.8, 4) is 6.07 Å². The van der Waals surface area contributed by atoms with E-state index < -0.39 is 34.0 Å². The van der Waals surface area contributed by atoms with Crippen LogP contribution in [0.5, 0.6) is 0 Å². The predicted molar refractivity (Wildman–Crippen MR) is 104 cm³/mol. The standard InChI is InChI=1S/C20H25N3O5S/c21-15-20(10-2-1-3-11-20)22-18(24)14-28-19(25)16-6-8-17(9-7-16)29(26,27)23-12-4-5-13-23/h6-9H,1-5,10-14H2,(H,22,24). The zero-order valence-electron chi connectivity index (χ0n) is 16.2. The molecule has 0 radical (unpaired) electrons. The maximum Gasteiger partial charge on any atom is 0.338 e. The molecule has 8 nitrogen and oxygen atoms in total. The van der Waals surface area contributed by atoms with Gasteiger partial charge in [-0.1, -0.05) is 19.3 Å². The van der Waals surface area contributed by atoms with Crippen molar-refractivity contribution in [3.05, 3.63) is 29.8 Å². The Morgan fingerprint density at radius 3 is 2.28 bits per heavy atom. The molecule has 0 bridgehead atoms. The van der Waals surface area contributed by atoms with Gasteiger partial charge in [0.1, 0.15) is 5.54 Å². The first kappa shape index (κ1) is 21.3. The summed E-state index contributed by atoms with van der Waals surface area (Å²) in [5, 5.41) is 12.1. The predicted octanol–water partition coefficient (Wildman–Crippen LogP) is 1.97. The van der Waals surface area contributed by atoms with Crippen molar-refractivity contribution in [2.75, 3.05) is 19.7 Å². The second-order valence-corrected chi connectivity index (χ2v) is 9.45. The van der Waals surface area contributed by atoms with Gasteiger partial charge in [0, 0.05) is 13.1 Å². The molecule has 1 aromatic carbocycles. The van der Waals surface area contributed by atoms with Gasteiger partial charge in [-0.05, 0) is 49.9 Å². The maximum absolute atomic E-state index is 12.5. The first-order valence-electron chi connectivity index (χ1n) is 9.86. The van der Waals surface area contributed by atoms with Crippen LogP contribution in [0.3, 0.4) is 0 Å². The molecule has 156 valence electrons. The van der Waals surface area contributed by atoms with Gasteiger partial charge >= 0.3 is 5.97 Å². The van der Waals surface area contributed by atoms with Crippen molar-refractivity contribution in [3.63, 3.8) is 0 Å². The summed E-state index contributed by atoms with van der Waals surface area (Å²) in [7, 11) is -3.55. The molecule has 1 aromatic rings. The van der Waals surface area contributed by atoms with E-state index in [2.05, 4.69) is 11.4 Å². The third-order valence-corrected chi connectivity index (χ3v) is 7.34. The minimum atomic E-state index is -3.55. The number of hydrogen-bond acceptors (Lipinski definition) is 6. The summed E-state index contributed by atoms with van der Waals surface area (Å²) >= 11 is 0. The number of benzene rings is 1. The Balaban J connectivity index is 1.55. The smallest absolute Gasteiger partial charge is 0.338 e. The summed E-state index contributed by atoms with van der Waals surface area (Å²) in [4.78, 5) is 24.4. The summed E-state index contributed by atoms with van der Waals surface area (Å²) < 4.78 is 31.5. The van der Waals surface area contributed by atoms with Crippen molar-refractivity contribution in [2.24, 2.45) is 0 Å². The van der Waals surface area contributed by atoms with Crippen LogP contribution in [0.15, 0.2) is 29.2 Å². The second kappa shape index (κ2) is 8.93. The monoisotopic (exact) mass is 419 g/mol. The highest BCUT2D eigenvalue weighted by Gasteiger charge is 2.33. The van der Waals surface area contributed by atoms with Crippen LogP contribution in [0.4, 0.5) is 0 Å². The Bertz CT molecular complexity index is 893. The fourth-order valence-corrected chi connectivity index (χ4v) is 5.30. The van der Waals surface area contributed by atoms with Gasteiger partial charge in [-0.3, -0.25) is 4.79 Å². The Morgan fingerprint density at radius 2 is 1.69 bits per heavy atom. The van der Waals surface area contributed by atoms with E-state index in [1.165, 1.54) is 28.6 Å². The van der Waals surface area contributed by atoms with E-state index in [1.807, 2.05) is 0 Å². The van der Waals surface area contributed by atoms with Crippen molar-refractivity contribution < 1.29 is 22.7 Å². The van der Waals surface area contributed by atoms with E-state index in [0.29, 0.717) is 25.9 Å². The summed E-state index contributed by atoms with van der Waals surface area (Å²) in [6, 6.07) is 7.67. The Morgan fingerprint density at radius 1 is 1.07 bits per heavy atom. The van der Waals surface area contributed by atoms with Crippen LogP contribution >= 0.6 is 0 Å².